The summed E-state index contributed by atoms with van der Waals surface area (Å²) in [7, 11) is 0. The molecule has 158 valence electrons. The highest BCUT2D eigenvalue weighted by molar-refractivity contribution is 5.95. The van der Waals surface area contributed by atoms with Crippen LogP contribution in [0.1, 0.15) is 18.9 Å². The van der Waals surface area contributed by atoms with Gasteiger partial charge in [0.05, 0.1) is 12.5 Å². The van der Waals surface area contributed by atoms with Crippen LogP contribution in [0, 0.1) is 0 Å². The number of carboxylic acid groups (broad SMARTS) is 2. The minimum absolute atomic E-state index is 0.0711. The van der Waals surface area contributed by atoms with Gasteiger partial charge >= 0.3 is 11.9 Å². The van der Waals surface area contributed by atoms with Gasteiger partial charge in [0.1, 0.15) is 18.6 Å². The molecule has 0 bridgehead atoms. The van der Waals surface area contributed by atoms with Crippen molar-refractivity contribution in [3.8, 4) is 0 Å². The minimum Gasteiger partial charge on any atom is -0.481 e. The van der Waals surface area contributed by atoms with Gasteiger partial charge in [-0.15, -0.1) is 0 Å². The summed E-state index contributed by atoms with van der Waals surface area (Å²) in [4.78, 5) is 58.3. The summed E-state index contributed by atoms with van der Waals surface area (Å²) in [6.07, 6.45) is -0.696. The Balaban J connectivity index is 2.97. The lowest BCUT2D eigenvalue weighted by molar-refractivity contribution is -0.141. The molecule has 11 nitrogen and oxygen atoms in total. The van der Waals surface area contributed by atoms with E-state index in [9.17, 15) is 24.0 Å². The predicted octanol–water partition coefficient (Wildman–Crippen LogP) is -1.78. The summed E-state index contributed by atoms with van der Waals surface area (Å²) in [5.74, 6) is -5.09. The summed E-state index contributed by atoms with van der Waals surface area (Å²) in [6, 6.07) is 5.17. The lowest BCUT2D eigenvalue weighted by Gasteiger charge is -2.23. The molecule has 0 aliphatic rings. The third kappa shape index (κ3) is 8.84. The molecule has 0 saturated carbocycles. The Hall–Kier alpha value is -3.47. The molecule has 0 aliphatic heterocycles. The van der Waals surface area contributed by atoms with Crippen LogP contribution in [0.4, 0.5) is 0 Å². The van der Waals surface area contributed by atoms with Gasteiger partial charge in [0.25, 0.3) is 0 Å². The Morgan fingerprint density at radius 3 is 2.00 bits per heavy atom. The summed E-state index contributed by atoms with van der Waals surface area (Å²) < 4.78 is 0. The van der Waals surface area contributed by atoms with Gasteiger partial charge in [-0.25, -0.2) is 0 Å². The van der Waals surface area contributed by atoms with E-state index in [0.717, 1.165) is 0 Å². The Bertz CT molecular complexity index is 752. The minimum atomic E-state index is -1.52. The highest BCUT2D eigenvalue weighted by Crippen LogP contribution is 2.05. The lowest BCUT2D eigenvalue weighted by atomic mass is 10.0. The molecule has 0 heterocycles. The number of nitrogens with one attached hydrogen (secondary N) is 3. The molecule has 0 radical (unpaired) electrons. The topological polar surface area (TPSA) is 188 Å². The van der Waals surface area contributed by atoms with Crippen molar-refractivity contribution in [1.29, 1.82) is 0 Å². The molecule has 0 fully saturated rings. The van der Waals surface area contributed by atoms with Crippen LogP contribution in [0.5, 0.6) is 0 Å². The van der Waals surface area contributed by atoms with E-state index < -0.39 is 60.8 Å². The van der Waals surface area contributed by atoms with Crippen LogP contribution in [0.3, 0.4) is 0 Å². The molecule has 3 amide bonds. The van der Waals surface area contributed by atoms with Crippen molar-refractivity contribution in [2.75, 3.05) is 6.54 Å². The molecule has 1 aromatic carbocycles. The summed E-state index contributed by atoms with van der Waals surface area (Å²) in [5, 5.41) is 24.4. The molecular formula is C18H24N4O7. The number of aliphatic carboxylic acids is 2. The van der Waals surface area contributed by atoms with E-state index in [1.54, 1.807) is 30.3 Å². The Kier molecular flexibility index (Phi) is 9.26. The van der Waals surface area contributed by atoms with Gasteiger partial charge in [0.2, 0.25) is 17.7 Å². The van der Waals surface area contributed by atoms with Crippen LogP contribution in [0.2, 0.25) is 0 Å². The predicted molar refractivity (Wildman–Crippen MR) is 101 cm³/mol. The monoisotopic (exact) mass is 408 g/mol. The number of rotatable bonds is 11. The quantitative estimate of drug-likeness (QED) is 0.248. The number of carbonyl (C=O) groups is 5. The molecule has 3 atom stereocenters. The summed E-state index contributed by atoms with van der Waals surface area (Å²) >= 11 is 0. The van der Waals surface area contributed by atoms with E-state index in [2.05, 4.69) is 10.6 Å². The van der Waals surface area contributed by atoms with Crippen LogP contribution in [0.15, 0.2) is 30.3 Å². The molecule has 0 spiro atoms. The average molecular weight is 408 g/mol. The highest BCUT2D eigenvalue weighted by atomic mass is 16.4. The third-order valence-electron chi connectivity index (χ3n) is 3.75. The number of hydrogen-bond acceptors (Lipinski definition) is 6. The molecule has 1 rings (SSSR count). The van der Waals surface area contributed by atoms with E-state index in [1.165, 1.54) is 6.92 Å². The Labute approximate surface area is 166 Å². The zero-order chi connectivity index (χ0) is 22.0. The maximum absolute atomic E-state index is 12.7. The SMILES string of the molecule is CC(N)C(=O)NC(Cc1ccccc1)C(=O)NC(CC(=O)O)C(=O)NCC(=O)O. The largest absolute Gasteiger partial charge is 0.481 e. The molecule has 3 unspecified atom stereocenters. The number of hydrogen-bond donors (Lipinski definition) is 6. The first kappa shape index (κ1) is 23.6. The second kappa shape index (κ2) is 11.4. The zero-order valence-corrected chi connectivity index (χ0v) is 15.8. The van der Waals surface area contributed by atoms with Crippen molar-refractivity contribution in [3.63, 3.8) is 0 Å². The van der Waals surface area contributed by atoms with E-state index in [0.29, 0.717) is 5.56 Å². The van der Waals surface area contributed by atoms with Crippen LogP contribution in [-0.2, 0) is 30.4 Å². The third-order valence-corrected chi connectivity index (χ3v) is 3.75. The Morgan fingerprint density at radius 2 is 1.48 bits per heavy atom. The summed E-state index contributed by atoms with van der Waals surface area (Å²) in [6.45, 7) is 0.694. The molecule has 0 aromatic heterocycles. The van der Waals surface area contributed by atoms with Gasteiger partial charge in [-0.05, 0) is 12.5 Å². The van der Waals surface area contributed by atoms with E-state index in [1.807, 2.05) is 5.32 Å². The van der Waals surface area contributed by atoms with Crippen LogP contribution in [0.25, 0.3) is 0 Å². The Morgan fingerprint density at radius 1 is 0.897 bits per heavy atom. The fourth-order valence-corrected chi connectivity index (χ4v) is 2.30. The smallest absolute Gasteiger partial charge is 0.322 e. The highest BCUT2D eigenvalue weighted by Gasteiger charge is 2.29. The van der Waals surface area contributed by atoms with Gasteiger partial charge < -0.3 is 31.9 Å². The number of carbonyl (C=O) groups excluding carboxylic acids is 3. The van der Waals surface area contributed by atoms with Crippen LogP contribution in [-0.4, -0.2) is 64.5 Å². The molecule has 29 heavy (non-hydrogen) atoms. The first-order chi connectivity index (χ1) is 13.6. The molecule has 11 heteroatoms. The van der Waals surface area contributed by atoms with Crippen LogP contribution < -0.4 is 21.7 Å². The standard InChI is InChI=1S/C18H24N4O7/c1-10(19)16(27)21-12(7-11-5-3-2-4-6-11)18(29)22-13(8-14(23)24)17(28)20-9-15(25)26/h2-6,10,12-13H,7-9,19H2,1H3,(H,20,28)(H,21,27)(H,22,29)(H,23,24)(H,25,26). The van der Waals surface area contributed by atoms with Crippen molar-refractivity contribution >= 4 is 29.7 Å². The van der Waals surface area contributed by atoms with Crippen molar-refractivity contribution in [1.82, 2.24) is 16.0 Å². The molecule has 0 aliphatic carbocycles. The van der Waals surface area contributed by atoms with E-state index in [-0.39, 0.29) is 6.42 Å². The average Bonchev–Trinajstić information content (AvgIpc) is 2.65. The maximum atomic E-state index is 12.7. The van der Waals surface area contributed by atoms with Gasteiger partial charge in [-0.2, -0.15) is 0 Å². The van der Waals surface area contributed by atoms with Crippen molar-refractivity contribution in [2.24, 2.45) is 5.73 Å². The molecule has 1 aromatic rings. The zero-order valence-electron chi connectivity index (χ0n) is 15.8. The first-order valence-electron chi connectivity index (χ1n) is 8.71. The van der Waals surface area contributed by atoms with E-state index >= 15 is 0 Å². The van der Waals surface area contributed by atoms with Crippen molar-refractivity contribution in [3.05, 3.63) is 35.9 Å². The van der Waals surface area contributed by atoms with Gasteiger partial charge in [0.15, 0.2) is 0 Å². The second-order valence-corrected chi connectivity index (χ2v) is 6.31. The van der Waals surface area contributed by atoms with Crippen LogP contribution >= 0.6 is 0 Å². The van der Waals surface area contributed by atoms with Crippen molar-refractivity contribution in [2.45, 2.75) is 37.9 Å². The van der Waals surface area contributed by atoms with Gasteiger partial charge in [-0.1, -0.05) is 30.3 Å². The van der Waals surface area contributed by atoms with Gasteiger partial charge in [-0.3, -0.25) is 24.0 Å². The maximum Gasteiger partial charge on any atom is 0.322 e. The second-order valence-electron chi connectivity index (χ2n) is 6.31. The first-order valence-corrected chi connectivity index (χ1v) is 8.71. The number of carboxylic acids is 2. The summed E-state index contributed by atoms with van der Waals surface area (Å²) in [5.41, 5.74) is 6.23. The number of nitrogens with two attached hydrogens (primary N) is 1. The normalized spacial score (nSPS) is 13.4. The number of benzene rings is 1. The fourth-order valence-electron chi connectivity index (χ4n) is 2.30. The van der Waals surface area contributed by atoms with Gasteiger partial charge in [0, 0.05) is 6.42 Å². The molecule has 7 N–H and O–H groups in total. The van der Waals surface area contributed by atoms with E-state index in [4.69, 9.17) is 15.9 Å². The molecule has 0 saturated heterocycles. The fraction of sp³-hybridized carbons (Fsp3) is 0.389. The molecular weight excluding hydrogens is 384 g/mol. The number of amides is 3. The lowest BCUT2D eigenvalue weighted by Crippen LogP contribution is -2.56. The van der Waals surface area contributed by atoms with Crippen molar-refractivity contribution < 1.29 is 34.2 Å².